The van der Waals surface area contributed by atoms with Crippen molar-refractivity contribution >= 4 is 0 Å². The van der Waals surface area contributed by atoms with Crippen molar-refractivity contribution in [3.63, 3.8) is 0 Å². The minimum absolute atomic E-state index is 0.401. The molecule has 0 bridgehead atoms. The molecule has 4 heteroatoms. The fourth-order valence-electron chi connectivity index (χ4n) is 4.74. The van der Waals surface area contributed by atoms with E-state index in [1.165, 1.54) is 57.4 Å². The molecule has 25 heavy (non-hydrogen) atoms. The summed E-state index contributed by atoms with van der Waals surface area (Å²) in [5.41, 5.74) is 2.26. The maximum atomic E-state index is 9.61. The molecule has 0 N–H and O–H groups in total. The molecule has 0 amide bonds. The summed E-state index contributed by atoms with van der Waals surface area (Å²) in [6.07, 6.45) is 8.65. The summed E-state index contributed by atoms with van der Waals surface area (Å²) < 4.78 is 0. The van der Waals surface area contributed by atoms with Gasteiger partial charge in [-0.25, -0.2) is 0 Å². The smallest absolute Gasteiger partial charge is 0.0981 e. The zero-order valence-corrected chi connectivity index (χ0v) is 15.0. The van der Waals surface area contributed by atoms with E-state index in [2.05, 4.69) is 57.3 Å². The summed E-state index contributed by atoms with van der Waals surface area (Å²) in [5.74, 6) is 0. The molecule has 1 aromatic carbocycles. The minimum atomic E-state index is 0.401. The number of hydrogen-bond acceptors (Lipinski definition) is 4. The summed E-state index contributed by atoms with van der Waals surface area (Å²) in [6, 6.07) is 13.6. The molecular formula is C21H28N4. The van der Waals surface area contributed by atoms with Gasteiger partial charge in [0, 0.05) is 43.9 Å². The average Bonchev–Trinajstić information content (AvgIpc) is 3.36. The third kappa shape index (κ3) is 3.58. The zero-order valence-electron chi connectivity index (χ0n) is 15.0. The molecule has 0 saturated carbocycles. The highest BCUT2D eigenvalue weighted by atomic mass is 15.4. The molecule has 2 saturated heterocycles. The first kappa shape index (κ1) is 16.6. The van der Waals surface area contributed by atoms with Crippen LogP contribution in [0.2, 0.25) is 0 Å². The summed E-state index contributed by atoms with van der Waals surface area (Å²) >= 11 is 0. The Hall–Kier alpha value is -1.83. The Kier molecular flexibility index (Phi) is 5.05. The fourth-order valence-corrected chi connectivity index (χ4v) is 4.74. The second-order valence-corrected chi connectivity index (χ2v) is 7.60. The van der Waals surface area contributed by atoms with E-state index in [0.717, 1.165) is 18.5 Å². The molecule has 3 aliphatic rings. The van der Waals surface area contributed by atoms with Crippen molar-refractivity contribution in [3.8, 4) is 6.07 Å². The number of hydrogen-bond donors (Lipinski definition) is 0. The van der Waals surface area contributed by atoms with Gasteiger partial charge >= 0.3 is 0 Å². The summed E-state index contributed by atoms with van der Waals surface area (Å²) in [5, 5.41) is 9.61. The topological polar surface area (TPSA) is 33.5 Å². The highest BCUT2D eigenvalue weighted by molar-refractivity contribution is 5.26. The highest BCUT2D eigenvalue weighted by Gasteiger charge is 2.40. The van der Waals surface area contributed by atoms with Crippen LogP contribution < -0.4 is 0 Å². The minimum Gasteiger partial charge on any atom is -0.355 e. The monoisotopic (exact) mass is 336 g/mol. The van der Waals surface area contributed by atoms with Crippen LogP contribution >= 0.6 is 0 Å². The molecule has 2 fully saturated rings. The predicted molar refractivity (Wildman–Crippen MR) is 99.5 cm³/mol. The van der Waals surface area contributed by atoms with Gasteiger partial charge in [-0.2, -0.15) is 5.26 Å². The van der Waals surface area contributed by atoms with Crippen molar-refractivity contribution in [3.05, 3.63) is 47.7 Å². The van der Waals surface area contributed by atoms with Crippen LogP contribution in [0.1, 0.15) is 37.7 Å². The van der Waals surface area contributed by atoms with Gasteiger partial charge in [0.2, 0.25) is 0 Å². The van der Waals surface area contributed by atoms with Crippen LogP contribution in [0.25, 0.3) is 0 Å². The fraction of sp³-hybridized carbons (Fsp3) is 0.571. The third-order valence-electron chi connectivity index (χ3n) is 5.91. The predicted octanol–water partition coefficient (Wildman–Crippen LogP) is 3.19. The second kappa shape index (κ2) is 7.59. The Morgan fingerprint density at radius 3 is 2.20 bits per heavy atom. The Morgan fingerprint density at radius 2 is 1.56 bits per heavy atom. The number of nitrogens with zero attached hydrogens (tertiary/aromatic N) is 4. The first-order valence-electron chi connectivity index (χ1n) is 9.74. The molecule has 132 valence electrons. The lowest BCUT2D eigenvalue weighted by Gasteiger charge is -2.48. The van der Waals surface area contributed by atoms with Crippen molar-refractivity contribution in [2.75, 3.05) is 26.2 Å². The molecule has 4 nitrogen and oxygen atoms in total. The number of nitriles is 1. The van der Waals surface area contributed by atoms with Gasteiger partial charge in [-0.3, -0.25) is 9.80 Å². The SMILES string of the molecule is N#CC1=CN(Cc2ccccc2)[C@H](N2CCCC2)[C@@H](N2CCCC2)C1. The lowest BCUT2D eigenvalue weighted by Crippen LogP contribution is -2.59. The molecule has 0 radical (unpaired) electrons. The van der Waals surface area contributed by atoms with Gasteiger partial charge in [0.1, 0.15) is 0 Å². The van der Waals surface area contributed by atoms with Gasteiger partial charge in [0.25, 0.3) is 0 Å². The van der Waals surface area contributed by atoms with Crippen LogP contribution in [0.15, 0.2) is 42.1 Å². The van der Waals surface area contributed by atoms with Gasteiger partial charge in [-0.05, 0) is 44.3 Å². The van der Waals surface area contributed by atoms with E-state index in [-0.39, 0.29) is 0 Å². The van der Waals surface area contributed by atoms with E-state index < -0.39 is 0 Å². The lowest BCUT2D eigenvalue weighted by atomic mass is 9.97. The molecular weight excluding hydrogens is 308 g/mol. The van der Waals surface area contributed by atoms with Gasteiger partial charge in [0.15, 0.2) is 0 Å². The van der Waals surface area contributed by atoms with E-state index in [1.807, 2.05) is 0 Å². The second-order valence-electron chi connectivity index (χ2n) is 7.60. The van der Waals surface area contributed by atoms with E-state index >= 15 is 0 Å². The van der Waals surface area contributed by atoms with Crippen molar-refractivity contribution in [1.29, 1.82) is 5.26 Å². The van der Waals surface area contributed by atoms with Gasteiger partial charge in [-0.15, -0.1) is 0 Å². The lowest BCUT2D eigenvalue weighted by molar-refractivity contribution is 0.00472. The molecule has 2 atom stereocenters. The summed E-state index contributed by atoms with van der Waals surface area (Å²) in [7, 11) is 0. The molecule has 3 heterocycles. The molecule has 0 aromatic heterocycles. The Morgan fingerprint density at radius 1 is 0.920 bits per heavy atom. The molecule has 4 rings (SSSR count). The molecule has 0 unspecified atom stereocenters. The van der Waals surface area contributed by atoms with Crippen LogP contribution in [-0.2, 0) is 6.54 Å². The van der Waals surface area contributed by atoms with Gasteiger partial charge in [0.05, 0.1) is 12.2 Å². The first-order chi connectivity index (χ1) is 12.3. The molecule has 0 aliphatic carbocycles. The Bertz CT molecular complexity index is 636. The Labute approximate surface area is 151 Å². The number of rotatable bonds is 4. The standard InChI is InChI=1S/C21H28N4/c22-15-19-14-20(23-10-4-5-11-23)21(24-12-6-7-13-24)25(17-19)16-18-8-2-1-3-9-18/h1-3,8-9,17,20-21H,4-7,10-14,16H2/t20-,21-/m0/s1. The molecule has 0 spiro atoms. The van der Waals surface area contributed by atoms with Crippen LogP contribution in [0.5, 0.6) is 0 Å². The quantitative estimate of drug-likeness (QED) is 0.845. The van der Waals surface area contributed by atoms with Crippen LogP contribution in [0.3, 0.4) is 0 Å². The summed E-state index contributed by atoms with van der Waals surface area (Å²) in [4.78, 5) is 7.76. The summed E-state index contributed by atoms with van der Waals surface area (Å²) in [6.45, 7) is 5.64. The van der Waals surface area contributed by atoms with E-state index in [0.29, 0.717) is 12.2 Å². The van der Waals surface area contributed by atoms with E-state index in [4.69, 9.17) is 0 Å². The van der Waals surface area contributed by atoms with Gasteiger partial charge in [-0.1, -0.05) is 30.3 Å². The van der Waals surface area contributed by atoms with E-state index in [9.17, 15) is 5.26 Å². The highest BCUT2D eigenvalue weighted by Crippen LogP contribution is 2.32. The number of benzene rings is 1. The van der Waals surface area contributed by atoms with E-state index in [1.54, 1.807) is 0 Å². The first-order valence-corrected chi connectivity index (χ1v) is 9.74. The molecule has 1 aromatic rings. The average molecular weight is 336 g/mol. The zero-order chi connectivity index (χ0) is 17.1. The van der Waals surface area contributed by atoms with Crippen LogP contribution in [0.4, 0.5) is 0 Å². The van der Waals surface area contributed by atoms with Crippen molar-refractivity contribution in [2.45, 2.75) is 50.9 Å². The van der Waals surface area contributed by atoms with Crippen LogP contribution in [-0.4, -0.2) is 53.1 Å². The van der Waals surface area contributed by atoms with Gasteiger partial charge < -0.3 is 4.90 Å². The maximum Gasteiger partial charge on any atom is 0.0981 e. The van der Waals surface area contributed by atoms with Crippen molar-refractivity contribution in [2.24, 2.45) is 0 Å². The maximum absolute atomic E-state index is 9.61. The Balaban J connectivity index is 1.65. The normalized spacial score (nSPS) is 28.1. The van der Waals surface area contributed by atoms with Crippen molar-refractivity contribution < 1.29 is 0 Å². The third-order valence-corrected chi connectivity index (χ3v) is 5.91. The largest absolute Gasteiger partial charge is 0.355 e. The number of likely N-dealkylation sites (tertiary alicyclic amines) is 2. The molecule has 3 aliphatic heterocycles. The van der Waals surface area contributed by atoms with Crippen LogP contribution in [0, 0.1) is 11.3 Å². The van der Waals surface area contributed by atoms with Crippen molar-refractivity contribution in [1.82, 2.24) is 14.7 Å².